The molecule has 0 radical (unpaired) electrons. The third kappa shape index (κ3) is 2.56. The largest absolute Gasteiger partial charge is 0.370 e. The number of aromatic nitrogens is 2. The van der Waals surface area contributed by atoms with E-state index in [-0.39, 0.29) is 0 Å². The lowest BCUT2D eigenvalue weighted by Gasteiger charge is -2.22. The zero-order valence-corrected chi connectivity index (χ0v) is 9.91. The SMILES string of the molecule is c1nc(NCC2CCNCC2)nc2c1COC2. The van der Waals surface area contributed by atoms with Gasteiger partial charge in [0, 0.05) is 18.3 Å². The van der Waals surface area contributed by atoms with Crippen molar-refractivity contribution < 1.29 is 4.74 Å². The fraction of sp³-hybridized carbons (Fsp3) is 0.667. The van der Waals surface area contributed by atoms with Crippen LogP contribution in [0.1, 0.15) is 24.1 Å². The van der Waals surface area contributed by atoms with Crippen LogP contribution in [-0.4, -0.2) is 29.6 Å². The summed E-state index contributed by atoms with van der Waals surface area (Å²) in [5, 5.41) is 6.71. The van der Waals surface area contributed by atoms with Crippen LogP contribution in [0.3, 0.4) is 0 Å². The van der Waals surface area contributed by atoms with Crippen LogP contribution in [0, 0.1) is 5.92 Å². The van der Waals surface area contributed by atoms with E-state index >= 15 is 0 Å². The molecular weight excluding hydrogens is 216 g/mol. The van der Waals surface area contributed by atoms with Crippen LogP contribution in [0.5, 0.6) is 0 Å². The number of hydrogen-bond donors (Lipinski definition) is 2. The number of fused-ring (bicyclic) bond motifs is 1. The van der Waals surface area contributed by atoms with Crippen LogP contribution in [0.15, 0.2) is 6.20 Å². The van der Waals surface area contributed by atoms with Gasteiger partial charge in [0.1, 0.15) is 0 Å². The molecule has 0 aliphatic carbocycles. The first-order valence-corrected chi connectivity index (χ1v) is 6.29. The molecule has 17 heavy (non-hydrogen) atoms. The first kappa shape index (κ1) is 10.9. The van der Waals surface area contributed by atoms with Crippen molar-refractivity contribution in [2.75, 3.05) is 25.0 Å². The molecule has 0 amide bonds. The Kier molecular flexibility index (Phi) is 3.20. The van der Waals surface area contributed by atoms with Gasteiger partial charge >= 0.3 is 0 Å². The molecule has 2 N–H and O–H groups in total. The molecule has 0 bridgehead atoms. The van der Waals surface area contributed by atoms with Crippen molar-refractivity contribution in [1.82, 2.24) is 15.3 Å². The highest BCUT2D eigenvalue weighted by Crippen LogP contribution is 2.18. The van der Waals surface area contributed by atoms with Gasteiger partial charge < -0.3 is 15.4 Å². The minimum Gasteiger partial charge on any atom is -0.370 e. The van der Waals surface area contributed by atoms with Gasteiger partial charge in [-0.25, -0.2) is 9.97 Å². The van der Waals surface area contributed by atoms with Crippen LogP contribution < -0.4 is 10.6 Å². The van der Waals surface area contributed by atoms with E-state index in [2.05, 4.69) is 20.6 Å². The smallest absolute Gasteiger partial charge is 0.222 e. The molecule has 92 valence electrons. The predicted molar refractivity (Wildman–Crippen MR) is 64.6 cm³/mol. The highest BCUT2D eigenvalue weighted by molar-refractivity contribution is 5.30. The van der Waals surface area contributed by atoms with Gasteiger partial charge in [0.2, 0.25) is 5.95 Å². The van der Waals surface area contributed by atoms with Crippen LogP contribution in [0.25, 0.3) is 0 Å². The van der Waals surface area contributed by atoms with Crippen molar-refractivity contribution in [2.24, 2.45) is 5.92 Å². The van der Waals surface area contributed by atoms with E-state index in [9.17, 15) is 0 Å². The van der Waals surface area contributed by atoms with Crippen LogP contribution >= 0.6 is 0 Å². The summed E-state index contributed by atoms with van der Waals surface area (Å²) in [4.78, 5) is 8.79. The average Bonchev–Trinajstić information content (AvgIpc) is 2.85. The number of nitrogens with zero attached hydrogens (tertiary/aromatic N) is 2. The lowest BCUT2D eigenvalue weighted by atomic mass is 9.98. The molecule has 0 spiro atoms. The molecule has 5 heteroatoms. The van der Waals surface area contributed by atoms with E-state index in [1.165, 1.54) is 12.8 Å². The number of nitrogens with one attached hydrogen (secondary N) is 2. The van der Waals surface area contributed by atoms with Gasteiger partial charge in [-0.1, -0.05) is 0 Å². The van der Waals surface area contributed by atoms with E-state index in [1.807, 2.05) is 6.20 Å². The molecule has 1 aromatic heterocycles. The minimum atomic E-state index is 0.625. The monoisotopic (exact) mass is 234 g/mol. The Morgan fingerprint density at radius 2 is 2.24 bits per heavy atom. The summed E-state index contributed by atoms with van der Waals surface area (Å²) in [5.41, 5.74) is 2.16. The van der Waals surface area contributed by atoms with E-state index in [4.69, 9.17) is 4.74 Å². The summed E-state index contributed by atoms with van der Waals surface area (Å²) in [5.74, 6) is 1.48. The van der Waals surface area contributed by atoms with Gasteiger partial charge in [0.15, 0.2) is 0 Å². The van der Waals surface area contributed by atoms with Crippen molar-refractivity contribution in [3.63, 3.8) is 0 Å². The van der Waals surface area contributed by atoms with E-state index in [0.717, 1.165) is 42.8 Å². The number of piperidine rings is 1. The molecule has 0 unspecified atom stereocenters. The van der Waals surface area contributed by atoms with Crippen molar-refractivity contribution >= 4 is 5.95 Å². The predicted octanol–water partition coefficient (Wildman–Crippen LogP) is 0.918. The fourth-order valence-corrected chi connectivity index (χ4v) is 2.35. The number of ether oxygens (including phenoxy) is 1. The molecule has 0 atom stereocenters. The topological polar surface area (TPSA) is 59.1 Å². The third-order valence-electron chi connectivity index (χ3n) is 3.46. The highest BCUT2D eigenvalue weighted by Gasteiger charge is 2.16. The number of anilines is 1. The van der Waals surface area contributed by atoms with Crippen LogP contribution in [0.2, 0.25) is 0 Å². The molecule has 2 aliphatic heterocycles. The molecule has 1 fully saturated rings. The Hall–Kier alpha value is -1.20. The first-order valence-electron chi connectivity index (χ1n) is 6.29. The van der Waals surface area contributed by atoms with Gasteiger partial charge in [-0.2, -0.15) is 0 Å². The second kappa shape index (κ2) is 4.98. The zero-order valence-electron chi connectivity index (χ0n) is 9.91. The third-order valence-corrected chi connectivity index (χ3v) is 3.46. The zero-order chi connectivity index (χ0) is 11.5. The summed E-state index contributed by atoms with van der Waals surface area (Å²) in [7, 11) is 0. The fourth-order valence-electron chi connectivity index (χ4n) is 2.35. The van der Waals surface area contributed by atoms with Crippen molar-refractivity contribution in [2.45, 2.75) is 26.1 Å². The summed E-state index contributed by atoms with van der Waals surface area (Å²) < 4.78 is 5.33. The van der Waals surface area contributed by atoms with Crippen molar-refractivity contribution in [1.29, 1.82) is 0 Å². The molecule has 1 saturated heterocycles. The molecule has 3 heterocycles. The molecule has 0 aromatic carbocycles. The van der Waals surface area contributed by atoms with Gasteiger partial charge in [-0.15, -0.1) is 0 Å². The van der Waals surface area contributed by atoms with Crippen molar-refractivity contribution in [3.8, 4) is 0 Å². The van der Waals surface area contributed by atoms with E-state index in [0.29, 0.717) is 13.2 Å². The molecule has 0 saturated carbocycles. The maximum atomic E-state index is 5.33. The summed E-state index contributed by atoms with van der Waals surface area (Å²) in [6.45, 7) is 4.52. The Morgan fingerprint density at radius 3 is 3.12 bits per heavy atom. The summed E-state index contributed by atoms with van der Waals surface area (Å²) in [6.07, 6.45) is 4.35. The van der Waals surface area contributed by atoms with Crippen molar-refractivity contribution in [3.05, 3.63) is 17.5 Å². The lowest BCUT2D eigenvalue weighted by molar-refractivity contribution is 0.133. The summed E-state index contributed by atoms with van der Waals surface area (Å²) in [6, 6.07) is 0. The lowest BCUT2D eigenvalue weighted by Crippen LogP contribution is -2.31. The second-order valence-corrected chi connectivity index (χ2v) is 4.73. The molecule has 2 aliphatic rings. The Balaban J connectivity index is 1.57. The molecule has 3 rings (SSSR count). The minimum absolute atomic E-state index is 0.625. The van der Waals surface area contributed by atoms with Crippen LogP contribution in [0.4, 0.5) is 5.95 Å². The molecular formula is C12H18N4O. The molecule has 5 nitrogen and oxygen atoms in total. The number of hydrogen-bond acceptors (Lipinski definition) is 5. The Morgan fingerprint density at radius 1 is 1.35 bits per heavy atom. The standard InChI is InChI=1S/C12H18N4O/c1-3-13-4-2-9(1)5-14-12-15-6-10-7-17-8-11(10)16-12/h6,9,13H,1-5,7-8H2,(H,14,15,16). The van der Waals surface area contributed by atoms with Gasteiger partial charge in [0.05, 0.1) is 18.9 Å². The first-order chi connectivity index (χ1) is 8.42. The quantitative estimate of drug-likeness (QED) is 0.814. The average molecular weight is 234 g/mol. The van der Waals surface area contributed by atoms with Gasteiger partial charge in [-0.05, 0) is 31.8 Å². The molecule has 1 aromatic rings. The van der Waals surface area contributed by atoms with E-state index < -0.39 is 0 Å². The highest BCUT2D eigenvalue weighted by atomic mass is 16.5. The normalized spacial score (nSPS) is 20.2. The summed E-state index contributed by atoms with van der Waals surface area (Å²) >= 11 is 0. The Labute approximate surface area is 101 Å². The second-order valence-electron chi connectivity index (χ2n) is 4.73. The maximum Gasteiger partial charge on any atom is 0.222 e. The number of rotatable bonds is 3. The maximum absolute atomic E-state index is 5.33. The van der Waals surface area contributed by atoms with E-state index in [1.54, 1.807) is 0 Å². The Bertz CT molecular complexity index is 390. The van der Waals surface area contributed by atoms with Gasteiger partial charge in [-0.3, -0.25) is 0 Å². The van der Waals surface area contributed by atoms with Gasteiger partial charge in [0.25, 0.3) is 0 Å². The van der Waals surface area contributed by atoms with Crippen LogP contribution in [-0.2, 0) is 18.0 Å².